The van der Waals surface area contributed by atoms with Crippen LogP contribution >= 0.6 is 11.6 Å². The highest BCUT2D eigenvalue weighted by atomic mass is 35.5. The van der Waals surface area contributed by atoms with E-state index in [1.807, 2.05) is 6.07 Å². The van der Waals surface area contributed by atoms with Gasteiger partial charge in [0.2, 0.25) is 0 Å². The molecular formula is C14H9ClF2N2. The molecule has 0 saturated heterocycles. The zero-order valence-corrected chi connectivity index (χ0v) is 10.5. The Morgan fingerprint density at radius 1 is 1.16 bits per heavy atom. The third-order valence-corrected chi connectivity index (χ3v) is 2.93. The highest BCUT2D eigenvalue weighted by molar-refractivity contribution is 6.32. The number of hydrogen-bond acceptors (Lipinski definition) is 2. The smallest absolute Gasteiger partial charge is 0.131 e. The van der Waals surface area contributed by atoms with Crippen molar-refractivity contribution in [1.82, 2.24) is 0 Å². The molecule has 0 radical (unpaired) electrons. The predicted octanol–water partition coefficient (Wildman–Crippen LogP) is 4.10. The summed E-state index contributed by atoms with van der Waals surface area (Å²) in [6.45, 7) is 0.000730. The molecule has 0 fully saturated rings. The van der Waals surface area contributed by atoms with Crippen LogP contribution in [0.4, 0.5) is 14.5 Å². The second kappa shape index (κ2) is 5.68. The van der Waals surface area contributed by atoms with Crippen molar-refractivity contribution in [3.63, 3.8) is 0 Å². The molecule has 2 aromatic rings. The fourth-order valence-corrected chi connectivity index (χ4v) is 1.83. The second-order valence-electron chi connectivity index (χ2n) is 3.86. The molecule has 0 spiro atoms. The summed E-state index contributed by atoms with van der Waals surface area (Å²) >= 11 is 5.86. The number of halogens is 3. The lowest BCUT2D eigenvalue weighted by Crippen LogP contribution is -2.04. The fraction of sp³-hybridized carbons (Fsp3) is 0.0714. The van der Waals surface area contributed by atoms with Crippen LogP contribution in [0.15, 0.2) is 36.4 Å². The van der Waals surface area contributed by atoms with E-state index in [9.17, 15) is 8.78 Å². The number of nitrogens with zero attached hydrogens (tertiary/aromatic N) is 1. The van der Waals surface area contributed by atoms with Crippen LogP contribution in [0.3, 0.4) is 0 Å². The number of nitriles is 1. The quantitative estimate of drug-likeness (QED) is 0.917. The van der Waals surface area contributed by atoms with Gasteiger partial charge in [-0.25, -0.2) is 8.78 Å². The molecule has 2 rings (SSSR count). The van der Waals surface area contributed by atoms with Crippen LogP contribution in [0.1, 0.15) is 11.1 Å². The zero-order chi connectivity index (χ0) is 13.8. The highest BCUT2D eigenvalue weighted by Crippen LogP contribution is 2.21. The van der Waals surface area contributed by atoms with Crippen molar-refractivity contribution in [2.75, 3.05) is 5.32 Å². The maximum atomic E-state index is 13.4. The van der Waals surface area contributed by atoms with Crippen LogP contribution in [0.2, 0.25) is 5.02 Å². The molecule has 0 aliphatic rings. The maximum Gasteiger partial charge on any atom is 0.131 e. The first-order valence-electron chi connectivity index (χ1n) is 5.48. The van der Waals surface area contributed by atoms with Gasteiger partial charge < -0.3 is 5.32 Å². The summed E-state index contributed by atoms with van der Waals surface area (Å²) in [4.78, 5) is 0. The summed E-state index contributed by atoms with van der Waals surface area (Å²) in [7, 11) is 0. The Morgan fingerprint density at radius 3 is 2.42 bits per heavy atom. The Hall–Kier alpha value is -2.12. The maximum absolute atomic E-state index is 13.4. The van der Waals surface area contributed by atoms with E-state index < -0.39 is 11.6 Å². The molecule has 0 heterocycles. The minimum absolute atomic E-state index is 0.000730. The van der Waals surface area contributed by atoms with Crippen molar-refractivity contribution in [3.8, 4) is 6.07 Å². The summed E-state index contributed by atoms with van der Waals surface area (Å²) in [5, 5.41) is 11.9. The van der Waals surface area contributed by atoms with Gasteiger partial charge >= 0.3 is 0 Å². The van der Waals surface area contributed by atoms with E-state index >= 15 is 0 Å². The average molecular weight is 279 g/mol. The number of rotatable bonds is 3. The van der Waals surface area contributed by atoms with Gasteiger partial charge in [-0.15, -0.1) is 0 Å². The Kier molecular flexibility index (Phi) is 3.98. The summed E-state index contributed by atoms with van der Waals surface area (Å²) < 4.78 is 26.8. The molecule has 2 nitrogen and oxygen atoms in total. The van der Waals surface area contributed by atoms with E-state index in [1.54, 1.807) is 18.2 Å². The molecule has 0 amide bonds. The van der Waals surface area contributed by atoms with Crippen molar-refractivity contribution >= 4 is 17.3 Å². The highest BCUT2D eigenvalue weighted by Gasteiger charge is 2.08. The first kappa shape index (κ1) is 13.3. The topological polar surface area (TPSA) is 35.8 Å². The van der Waals surface area contributed by atoms with Gasteiger partial charge in [-0.1, -0.05) is 17.7 Å². The molecular weight excluding hydrogens is 270 g/mol. The molecule has 0 saturated carbocycles. The number of nitrogens with one attached hydrogen (secondary N) is 1. The Morgan fingerprint density at radius 2 is 1.84 bits per heavy atom. The zero-order valence-electron chi connectivity index (χ0n) is 9.75. The van der Waals surface area contributed by atoms with E-state index in [0.29, 0.717) is 16.3 Å². The number of anilines is 1. The van der Waals surface area contributed by atoms with Crippen LogP contribution in [-0.4, -0.2) is 0 Å². The average Bonchev–Trinajstić information content (AvgIpc) is 2.38. The molecule has 1 N–H and O–H groups in total. The molecule has 0 aromatic heterocycles. The van der Waals surface area contributed by atoms with E-state index in [1.165, 1.54) is 18.2 Å². The van der Waals surface area contributed by atoms with Crippen molar-refractivity contribution in [2.45, 2.75) is 6.54 Å². The predicted molar refractivity (Wildman–Crippen MR) is 69.9 cm³/mol. The van der Waals surface area contributed by atoms with Gasteiger partial charge in [-0.2, -0.15) is 5.26 Å². The first-order chi connectivity index (χ1) is 9.11. The van der Waals surface area contributed by atoms with Crippen molar-refractivity contribution in [3.05, 3.63) is 64.2 Å². The third kappa shape index (κ3) is 3.01. The molecule has 2 aromatic carbocycles. The minimum atomic E-state index is -0.604. The number of hydrogen-bond donors (Lipinski definition) is 1. The molecule has 0 aliphatic heterocycles. The monoisotopic (exact) mass is 278 g/mol. The van der Waals surface area contributed by atoms with Crippen molar-refractivity contribution in [2.24, 2.45) is 0 Å². The van der Waals surface area contributed by atoms with Gasteiger partial charge in [-0.3, -0.25) is 0 Å². The van der Waals surface area contributed by atoms with Gasteiger partial charge in [0.1, 0.15) is 17.7 Å². The lowest BCUT2D eigenvalue weighted by molar-refractivity contribution is 0.560. The fourth-order valence-electron chi connectivity index (χ4n) is 1.61. The Balaban J connectivity index is 2.15. The van der Waals surface area contributed by atoms with Gasteiger partial charge in [0, 0.05) is 17.8 Å². The van der Waals surface area contributed by atoms with Crippen molar-refractivity contribution < 1.29 is 8.78 Å². The van der Waals surface area contributed by atoms with E-state index in [0.717, 1.165) is 0 Å². The van der Waals surface area contributed by atoms with Crippen molar-refractivity contribution in [1.29, 1.82) is 5.26 Å². The lowest BCUT2D eigenvalue weighted by atomic mass is 10.2. The number of benzene rings is 2. The standard InChI is InChI=1S/C14H9ClF2N2/c15-12-6-10(5-4-9(12)7-18)19-8-11-13(16)2-1-3-14(11)17/h1-6,19H,8H2. The van der Waals surface area contributed by atoms with Gasteiger partial charge in [0.05, 0.1) is 10.6 Å². The van der Waals surface area contributed by atoms with Gasteiger partial charge in [-0.05, 0) is 30.3 Å². The van der Waals surface area contributed by atoms with Crippen LogP contribution in [0.25, 0.3) is 0 Å². The van der Waals surface area contributed by atoms with Gasteiger partial charge in [0.25, 0.3) is 0 Å². The summed E-state index contributed by atoms with van der Waals surface area (Å²) in [5.74, 6) is -1.21. The first-order valence-corrected chi connectivity index (χ1v) is 5.86. The van der Waals surface area contributed by atoms with E-state index in [2.05, 4.69) is 5.32 Å². The molecule has 96 valence electrons. The minimum Gasteiger partial charge on any atom is -0.381 e. The SMILES string of the molecule is N#Cc1ccc(NCc2c(F)cccc2F)cc1Cl. The normalized spacial score (nSPS) is 10.0. The second-order valence-corrected chi connectivity index (χ2v) is 4.27. The van der Waals surface area contributed by atoms with E-state index in [-0.39, 0.29) is 12.1 Å². The molecule has 0 atom stereocenters. The van der Waals surface area contributed by atoms with Crippen LogP contribution in [0, 0.1) is 23.0 Å². The van der Waals surface area contributed by atoms with Crippen LogP contribution < -0.4 is 5.32 Å². The molecule has 19 heavy (non-hydrogen) atoms. The van der Waals surface area contributed by atoms with E-state index in [4.69, 9.17) is 16.9 Å². The third-order valence-electron chi connectivity index (χ3n) is 2.62. The summed E-state index contributed by atoms with van der Waals surface area (Å²) in [5.41, 5.74) is 0.902. The summed E-state index contributed by atoms with van der Waals surface area (Å²) in [6.07, 6.45) is 0. The molecule has 0 unspecified atom stereocenters. The molecule has 0 aliphatic carbocycles. The largest absolute Gasteiger partial charge is 0.381 e. The Labute approximate surface area is 114 Å². The molecule has 0 bridgehead atoms. The van der Waals surface area contributed by atoms with Crippen LogP contribution in [-0.2, 0) is 6.54 Å². The van der Waals surface area contributed by atoms with Gasteiger partial charge in [0.15, 0.2) is 0 Å². The Bertz CT molecular complexity index is 630. The summed E-state index contributed by atoms with van der Waals surface area (Å²) in [6, 6.07) is 10.4. The molecule has 5 heteroatoms. The lowest BCUT2D eigenvalue weighted by Gasteiger charge is -2.09. The van der Waals surface area contributed by atoms with Crippen LogP contribution in [0.5, 0.6) is 0 Å².